The van der Waals surface area contributed by atoms with Gasteiger partial charge >= 0.3 is 0 Å². The maximum atomic E-state index is 9.39. The molecule has 4 heteroatoms. The highest BCUT2D eigenvalue weighted by Gasteiger charge is 2.29. The molecule has 0 unspecified atom stereocenters. The van der Waals surface area contributed by atoms with Crippen molar-refractivity contribution in [1.29, 1.82) is 0 Å². The molecular formula is C10H19Cl3O. The molecule has 0 aromatic carbocycles. The average molecular weight is 262 g/mol. The van der Waals surface area contributed by atoms with E-state index in [1.807, 2.05) is 0 Å². The summed E-state index contributed by atoms with van der Waals surface area (Å²) in [5.41, 5.74) is 0. The van der Waals surface area contributed by atoms with Crippen LogP contribution in [-0.4, -0.2) is 15.0 Å². The van der Waals surface area contributed by atoms with Crippen LogP contribution in [-0.2, 0) is 0 Å². The highest BCUT2D eigenvalue weighted by atomic mass is 35.6. The Morgan fingerprint density at radius 3 is 2.00 bits per heavy atom. The molecule has 0 aliphatic rings. The third kappa shape index (κ3) is 8.16. The van der Waals surface area contributed by atoms with E-state index in [2.05, 4.69) is 6.92 Å². The Labute approximate surface area is 102 Å². The smallest absolute Gasteiger partial charge is 0.216 e. The van der Waals surface area contributed by atoms with Crippen LogP contribution in [0.5, 0.6) is 0 Å². The van der Waals surface area contributed by atoms with Gasteiger partial charge in [-0.3, -0.25) is 0 Å². The lowest BCUT2D eigenvalue weighted by atomic mass is 10.1. The fourth-order valence-electron chi connectivity index (χ4n) is 1.28. The zero-order valence-electron chi connectivity index (χ0n) is 8.61. The Bertz CT molecular complexity index is 134. The predicted molar refractivity (Wildman–Crippen MR) is 64.3 cm³/mol. The Balaban J connectivity index is 3.28. The summed E-state index contributed by atoms with van der Waals surface area (Å²) in [7, 11) is 0. The molecule has 0 aromatic heterocycles. The van der Waals surface area contributed by atoms with Crippen LogP contribution in [0.15, 0.2) is 0 Å². The van der Waals surface area contributed by atoms with E-state index in [1.165, 1.54) is 25.7 Å². The lowest BCUT2D eigenvalue weighted by Crippen LogP contribution is -2.24. The molecule has 0 aromatic rings. The molecule has 0 spiro atoms. The van der Waals surface area contributed by atoms with Crippen molar-refractivity contribution in [1.82, 2.24) is 0 Å². The minimum atomic E-state index is -1.52. The molecule has 86 valence electrons. The molecule has 1 N–H and O–H groups in total. The van der Waals surface area contributed by atoms with Crippen molar-refractivity contribution in [2.45, 2.75) is 61.8 Å². The van der Waals surface area contributed by atoms with Gasteiger partial charge in [0.15, 0.2) is 0 Å². The molecule has 0 radical (unpaired) electrons. The Hall–Kier alpha value is 0.830. The zero-order chi connectivity index (χ0) is 11.0. The predicted octanol–water partition coefficient (Wildman–Crippen LogP) is 4.47. The average Bonchev–Trinajstić information content (AvgIpc) is 2.09. The van der Waals surface area contributed by atoms with E-state index < -0.39 is 9.90 Å². The first-order chi connectivity index (χ1) is 6.48. The molecule has 0 fully saturated rings. The van der Waals surface area contributed by atoms with Crippen molar-refractivity contribution in [3.05, 3.63) is 0 Å². The topological polar surface area (TPSA) is 20.2 Å². The first kappa shape index (κ1) is 14.8. The van der Waals surface area contributed by atoms with Gasteiger partial charge in [0.25, 0.3) is 0 Å². The Kier molecular flexibility index (Phi) is 8.51. The lowest BCUT2D eigenvalue weighted by Gasteiger charge is -2.18. The Morgan fingerprint density at radius 1 is 1.00 bits per heavy atom. The summed E-state index contributed by atoms with van der Waals surface area (Å²) >= 11 is 16.6. The quantitative estimate of drug-likeness (QED) is 0.530. The zero-order valence-corrected chi connectivity index (χ0v) is 10.9. The van der Waals surface area contributed by atoms with Crippen molar-refractivity contribution >= 4 is 34.8 Å². The number of aliphatic hydroxyl groups is 1. The van der Waals surface area contributed by atoms with Crippen LogP contribution in [0.2, 0.25) is 0 Å². The van der Waals surface area contributed by atoms with E-state index >= 15 is 0 Å². The van der Waals surface area contributed by atoms with Gasteiger partial charge in [-0.25, -0.2) is 0 Å². The van der Waals surface area contributed by atoms with Crippen LogP contribution >= 0.6 is 34.8 Å². The highest BCUT2D eigenvalue weighted by Crippen LogP contribution is 2.32. The van der Waals surface area contributed by atoms with Gasteiger partial charge < -0.3 is 5.11 Å². The van der Waals surface area contributed by atoms with Gasteiger partial charge in [-0.15, -0.1) is 0 Å². The van der Waals surface area contributed by atoms with Crippen molar-refractivity contribution < 1.29 is 5.11 Å². The molecule has 0 heterocycles. The second kappa shape index (κ2) is 8.04. The molecular weight excluding hydrogens is 242 g/mol. The van der Waals surface area contributed by atoms with Crippen LogP contribution in [0.4, 0.5) is 0 Å². The summed E-state index contributed by atoms with van der Waals surface area (Å²) in [5.74, 6) is 0. The molecule has 0 aliphatic heterocycles. The van der Waals surface area contributed by atoms with Crippen molar-refractivity contribution in [3.8, 4) is 0 Å². The fraction of sp³-hybridized carbons (Fsp3) is 1.00. The fourth-order valence-corrected chi connectivity index (χ4v) is 1.61. The van der Waals surface area contributed by atoms with Crippen LogP contribution < -0.4 is 0 Å². The van der Waals surface area contributed by atoms with E-state index in [1.54, 1.807) is 0 Å². The summed E-state index contributed by atoms with van der Waals surface area (Å²) in [5, 5.41) is 9.39. The summed E-state index contributed by atoms with van der Waals surface area (Å²) in [6.45, 7) is 2.19. The van der Waals surface area contributed by atoms with Crippen LogP contribution in [0.3, 0.4) is 0 Å². The number of aliphatic hydroxyl groups excluding tert-OH is 1. The second-order valence-corrected chi connectivity index (χ2v) is 5.98. The Morgan fingerprint density at radius 2 is 1.50 bits per heavy atom. The molecule has 0 rings (SSSR count). The van der Waals surface area contributed by atoms with Gasteiger partial charge in [-0.1, -0.05) is 80.3 Å². The normalized spacial score (nSPS) is 14.4. The number of alkyl halides is 3. The SMILES string of the molecule is CCCCCCCC[C@@H](O)C(Cl)(Cl)Cl. The van der Waals surface area contributed by atoms with Gasteiger partial charge in [0.1, 0.15) is 6.10 Å². The van der Waals surface area contributed by atoms with Crippen LogP contribution in [0.1, 0.15) is 51.9 Å². The number of unbranched alkanes of at least 4 members (excludes halogenated alkanes) is 5. The molecule has 1 nitrogen and oxygen atoms in total. The number of rotatable bonds is 7. The molecule has 1 atom stereocenters. The third-order valence-corrected chi connectivity index (χ3v) is 2.96. The van der Waals surface area contributed by atoms with Crippen molar-refractivity contribution in [2.24, 2.45) is 0 Å². The first-order valence-electron chi connectivity index (χ1n) is 5.23. The van der Waals surface area contributed by atoms with E-state index in [0.717, 1.165) is 12.8 Å². The molecule has 0 aliphatic carbocycles. The third-order valence-electron chi connectivity index (χ3n) is 2.21. The maximum Gasteiger partial charge on any atom is 0.216 e. The van der Waals surface area contributed by atoms with Crippen molar-refractivity contribution in [3.63, 3.8) is 0 Å². The summed E-state index contributed by atoms with van der Waals surface area (Å²) in [6.07, 6.45) is 6.78. The van der Waals surface area contributed by atoms with Gasteiger partial charge in [0, 0.05) is 0 Å². The van der Waals surface area contributed by atoms with Gasteiger partial charge in [-0.05, 0) is 6.42 Å². The van der Waals surface area contributed by atoms with E-state index in [9.17, 15) is 5.11 Å². The summed E-state index contributed by atoms with van der Waals surface area (Å²) in [4.78, 5) is 0. The van der Waals surface area contributed by atoms with Gasteiger partial charge in [0.05, 0.1) is 0 Å². The molecule has 0 saturated carbocycles. The summed E-state index contributed by atoms with van der Waals surface area (Å²) in [6, 6.07) is 0. The maximum absolute atomic E-state index is 9.39. The molecule has 0 bridgehead atoms. The number of hydrogen-bond donors (Lipinski definition) is 1. The monoisotopic (exact) mass is 260 g/mol. The number of halogens is 3. The van der Waals surface area contributed by atoms with Crippen LogP contribution in [0, 0.1) is 0 Å². The largest absolute Gasteiger partial charge is 0.389 e. The molecule has 14 heavy (non-hydrogen) atoms. The van der Waals surface area contributed by atoms with Gasteiger partial charge in [-0.2, -0.15) is 0 Å². The van der Waals surface area contributed by atoms with E-state index in [0.29, 0.717) is 6.42 Å². The lowest BCUT2D eigenvalue weighted by molar-refractivity contribution is 0.164. The second-order valence-electron chi connectivity index (χ2n) is 3.61. The van der Waals surface area contributed by atoms with E-state index in [-0.39, 0.29) is 0 Å². The van der Waals surface area contributed by atoms with E-state index in [4.69, 9.17) is 34.8 Å². The van der Waals surface area contributed by atoms with Crippen molar-refractivity contribution in [2.75, 3.05) is 0 Å². The standard InChI is InChI=1S/C10H19Cl3O/c1-2-3-4-5-6-7-8-9(14)10(11,12)13/h9,14H,2-8H2,1H3/t9-/m1/s1. The highest BCUT2D eigenvalue weighted by molar-refractivity contribution is 6.68. The first-order valence-corrected chi connectivity index (χ1v) is 6.36. The van der Waals surface area contributed by atoms with Gasteiger partial charge in [0.2, 0.25) is 3.79 Å². The molecule has 0 amide bonds. The van der Waals surface area contributed by atoms with Crippen LogP contribution in [0.25, 0.3) is 0 Å². The minimum absolute atomic E-state index is 0.572. The summed E-state index contributed by atoms with van der Waals surface area (Å²) < 4.78 is -1.52. The minimum Gasteiger partial charge on any atom is -0.389 e. The number of hydrogen-bond acceptors (Lipinski definition) is 1. The molecule has 0 saturated heterocycles.